The minimum Gasteiger partial charge on any atom is -0.478 e. The van der Waals surface area contributed by atoms with E-state index in [1.807, 2.05) is 6.07 Å². The maximum Gasteiger partial charge on any atom is 0.335 e. The Morgan fingerprint density at radius 3 is 2.19 bits per heavy atom. The molecule has 12 nitrogen and oxygen atoms in total. The van der Waals surface area contributed by atoms with Crippen molar-refractivity contribution in [2.24, 2.45) is 11.8 Å². The number of hydrogen-bond donors (Lipinski definition) is 3. The molecule has 2 atom stereocenters. The Balaban J connectivity index is 1.02. The predicted octanol–water partition coefficient (Wildman–Crippen LogP) is 1.48. The molecule has 3 N–H and O–H groups in total. The van der Waals surface area contributed by atoms with Crippen LogP contribution in [-0.2, 0) is 23.9 Å². The van der Waals surface area contributed by atoms with E-state index in [-0.39, 0.29) is 41.7 Å². The van der Waals surface area contributed by atoms with Gasteiger partial charge in [-0.3, -0.25) is 19.4 Å². The van der Waals surface area contributed by atoms with Crippen LogP contribution >= 0.6 is 0 Å². The number of aromatic nitrogens is 1. The van der Waals surface area contributed by atoms with Gasteiger partial charge in [0.25, 0.3) is 0 Å². The molecule has 0 aliphatic carbocycles. The van der Waals surface area contributed by atoms with Crippen molar-refractivity contribution in [3.8, 4) is 0 Å². The van der Waals surface area contributed by atoms with Crippen LogP contribution in [0.1, 0.15) is 41.2 Å². The summed E-state index contributed by atoms with van der Waals surface area (Å²) in [6.07, 6.45) is 4.97. The fraction of sp³-hybridized carbons (Fsp3) is 0.500. The average Bonchev–Trinajstić information content (AvgIpc) is 3.32. The van der Waals surface area contributed by atoms with E-state index in [1.165, 1.54) is 0 Å². The van der Waals surface area contributed by atoms with Crippen molar-refractivity contribution in [3.63, 3.8) is 0 Å². The van der Waals surface area contributed by atoms with Crippen molar-refractivity contribution >= 4 is 29.4 Å². The first kappa shape index (κ1) is 30.9. The lowest BCUT2D eigenvalue weighted by atomic mass is 9.94. The Morgan fingerprint density at radius 1 is 0.952 bits per heavy atom. The zero-order valence-corrected chi connectivity index (χ0v) is 23.9. The number of hydrogen-bond acceptors (Lipinski definition) is 8. The zero-order valence-electron chi connectivity index (χ0n) is 23.9. The number of carbonyl (C=O) groups excluding carboxylic acids is 3. The molecule has 0 saturated carbocycles. The molecular formula is C30H39N5O7. The van der Waals surface area contributed by atoms with Gasteiger partial charge < -0.3 is 35.0 Å². The summed E-state index contributed by atoms with van der Waals surface area (Å²) in [4.78, 5) is 56.4. The third kappa shape index (κ3) is 8.26. The number of likely N-dealkylation sites (tertiary alicyclic amines) is 1. The maximum atomic E-state index is 12.8. The van der Waals surface area contributed by atoms with E-state index < -0.39 is 11.9 Å². The molecule has 3 amide bonds. The number of piperidine rings is 1. The average molecular weight is 582 g/mol. The summed E-state index contributed by atoms with van der Waals surface area (Å²) in [6, 6.07) is 10.1. The third-order valence-corrected chi connectivity index (χ3v) is 7.76. The van der Waals surface area contributed by atoms with Crippen molar-refractivity contribution in [3.05, 3.63) is 59.9 Å². The molecule has 2 aromatic rings. The van der Waals surface area contributed by atoms with Crippen molar-refractivity contribution < 1.29 is 33.8 Å². The Kier molecular flexibility index (Phi) is 11.2. The van der Waals surface area contributed by atoms with Gasteiger partial charge in [0.05, 0.1) is 44.0 Å². The number of carbonyl (C=O) groups is 4. The molecule has 0 bridgehead atoms. The summed E-state index contributed by atoms with van der Waals surface area (Å²) in [6.45, 7) is 3.64. The highest BCUT2D eigenvalue weighted by molar-refractivity contribution is 5.90. The van der Waals surface area contributed by atoms with Crippen LogP contribution in [0.3, 0.4) is 0 Å². The Morgan fingerprint density at radius 2 is 1.60 bits per heavy atom. The lowest BCUT2D eigenvalue weighted by Crippen LogP contribution is -2.41. The van der Waals surface area contributed by atoms with Gasteiger partial charge in [-0.1, -0.05) is 6.07 Å². The monoisotopic (exact) mass is 581 g/mol. The predicted molar refractivity (Wildman–Crippen MR) is 154 cm³/mol. The molecule has 1 aromatic heterocycles. The van der Waals surface area contributed by atoms with Crippen LogP contribution < -0.4 is 15.5 Å². The quantitative estimate of drug-likeness (QED) is 0.282. The summed E-state index contributed by atoms with van der Waals surface area (Å²) in [5, 5.41) is 14.8. The van der Waals surface area contributed by atoms with E-state index >= 15 is 0 Å². The number of benzene rings is 1. The third-order valence-electron chi connectivity index (χ3n) is 7.76. The van der Waals surface area contributed by atoms with E-state index in [0.717, 1.165) is 37.2 Å². The van der Waals surface area contributed by atoms with Gasteiger partial charge in [-0.15, -0.1) is 0 Å². The van der Waals surface area contributed by atoms with Gasteiger partial charge >= 0.3 is 5.97 Å². The number of nitrogens with zero attached hydrogens (tertiary/aromatic N) is 3. The smallest absolute Gasteiger partial charge is 0.335 e. The zero-order chi connectivity index (χ0) is 29.9. The van der Waals surface area contributed by atoms with Crippen molar-refractivity contribution in [2.45, 2.75) is 25.3 Å². The fourth-order valence-electron chi connectivity index (χ4n) is 5.42. The van der Waals surface area contributed by atoms with Crippen molar-refractivity contribution in [1.82, 2.24) is 20.5 Å². The molecule has 2 fully saturated rings. The second-order valence-corrected chi connectivity index (χ2v) is 10.5. The first-order chi connectivity index (χ1) is 20.3. The van der Waals surface area contributed by atoms with E-state index in [4.69, 9.17) is 14.6 Å². The Labute approximate surface area is 245 Å². The number of nitrogens with one attached hydrogen (secondary N) is 2. The number of ether oxygens (including phenoxy) is 2. The van der Waals surface area contributed by atoms with E-state index in [9.17, 15) is 19.2 Å². The first-order valence-corrected chi connectivity index (χ1v) is 14.3. The summed E-state index contributed by atoms with van der Waals surface area (Å²) in [5.74, 6) is -1.71. The van der Waals surface area contributed by atoms with Crippen molar-refractivity contribution in [1.29, 1.82) is 0 Å². The number of anilines is 1. The van der Waals surface area contributed by atoms with Gasteiger partial charge in [0.2, 0.25) is 17.7 Å². The normalized spacial score (nSPS) is 19.1. The minimum atomic E-state index is -0.946. The summed E-state index contributed by atoms with van der Waals surface area (Å²) in [7, 11) is 1.71. The highest BCUT2D eigenvalue weighted by atomic mass is 16.5. The number of pyridine rings is 1. The number of aromatic carboxylic acids is 1. The van der Waals surface area contributed by atoms with Crippen LogP contribution in [0, 0.1) is 11.8 Å². The highest BCUT2D eigenvalue weighted by Gasteiger charge is 2.42. The summed E-state index contributed by atoms with van der Waals surface area (Å²) in [5.41, 5.74) is 2.06. The van der Waals surface area contributed by atoms with E-state index in [0.29, 0.717) is 39.5 Å². The SMILES string of the molecule is CN1C(=O)C[C@H](C(=O)NCCOCCOCCNC(=O)C2CCN(c3ccc(C(=O)O)cc3)CC2)[C@H]1c1cccnc1. The Hall–Kier alpha value is -4.03. The molecule has 12 heteroatoms. The lowest BCUT2D eigenvalue weighted by molar-refractivity contribution is -0.128. The van der Waals surface area contributed by atoms with Gasteiger partial charge in [0.15, 0.2) is 0 Å². The van der Waals surface area contributed by atoms with Crippen LogP contribution in [0.5, 0.6) is 0 Å². The van der Waals surface area contributed by atoms with Crippen LogP contribution in [-0.4, -0.2) is 98.3 Å². The van der Waals surface area contributed by atoms with Gasteiger partial charge in [0.1, 0.15) is 0 Å². The molecular weight excluding hydrogens is 542 g/mol. The number of carboxylic acids is 1. The van der Waals surface area contributed by atoms with Crippen LogP contribution in [0.25, 0.3) is 0 Å². The van der Waals surface area contributed by atoms with E-state index in [1.54, 1.807) is 54.7 Å². The summed E-state index contributed by atoms with van der Waals surface area (Å²) < 4.78 is 11.1. The number of carboxylic acid groups (broad SMARTS) is 1. The standard InChI is InChI=1S/C30H39N5O7/c1-34-26(36)19-25(27(34)23-3-2-10-31-20-23)29(38)33-12-16-42-18-17-41-15-11-32-28(37)21-8-13-35(14-9-21)24-6-4-22(5-7-24)30(39)40/h2-7,10,20-21,25,27H,8-9,11-19H2,1H3,(H,32,37)(H,33,38)(H,39,40)/t25-,27+/m0/s1. The summed E-state index contributed by atoms with van der Waals surface area (Å²) >= 11 is 0. The molecule has 42 heavy (non-hydrogen) atoms. The lowest BCUT2D eigenvalue weighted by Gasteiger charge is -2.33. The van der Waals surface area contributed by atoms with Gasteiger partial charge in [-0.05, 0) is 48.7 Å². The van der Waals surface area contributed by atoms with Crippen molar-refractivity contribution in [2.75, 3.05) is 64.6 Å². The highest BCUT2D eigenvalue weighted by Crippen LogP contribution is 2.36. The van der Waals surface area contributed by atoms with E-state index in [2.05, 4.69) is 20.5 Å². The molecule has 2 saturated heterocycles. The van der Waals surface area contributed by atoms with Crippen LogP contribution in [0.4, 0.5) is 5.69 Å². The molecule has 3 heterocycles. The first-order valence-electron chi connectivity index (χ1n) is 14.3. The molecule has 2 aliphatic rings. The minimum absolute atomic E-state index is 0.0207. The molecule has 4 rings (SSSR count). The van der Waals surface area contributed by atoms with Gasteiger partial charge in [-0.2, -0.15) is 0 Å². The molecule has 226 valence electrons. The Bertz CT molecular complexity index is 1200. The number of rotatable bonds is 14. The van der Waals surface area contributed by atoms with Crippen LogP contribution in [0.2, 0.25) is 0 Å². The van der Waals surface area contributed by atoms with Crippen LogP contribution in [0.15, 0.2) is 48.8 Å². The molecule has 0 radical (unpaired) electrons. The maximum absolute atomic E-state index is 12.8. The van der Waals surface area contributed by atoms with Gasteiger partial charge in [-0.25, -0.2) is 4.79 Å². The molecule has 0 unspecified atom stereocenters. The molecule has 1 aromatic carbocycles. The largest absolute Gasteiger partial charge is 0.478 e. The number of amides is 3. The fourth-order valence-corrected chi connectivity index (χ4v) is 5.42. The molecule has 0 spiro atoms. The topological polar surface area (TPSA) is 150 Å². The second kappa shape index (κ2) is 15.3. The molecule has 2 aliphatic heterocycles. The van der Waals surface area contributed by atoms with Gasteiger partial charge in [0, 0.05) is 63.6 Å². The second-order valence-electron chi connectivity index (χ2n) is 10.5.